The van der Waals surface area contributed by atoms with Gasteiger partial charge in [0.15, 0.2) is 0 Å². The second-order valence-electron chi connectivity index (χ2n) is 5.48. The predicted molar refractivity (Wildman–Crippen MR) is 89.8 cm³/mol. The second kappa shape index (κ2) is 6.37. The van der Waals surface area contributed by atoms with E-state index in [0.717, 1.165) is 43.4 Å². The summed E-state index contributed by atoms with van der Waals surface area (Å²) in [6, 6.07) is 16.3. The standard InChI is InChI=1S/C17H20ClN3/c18-15-3-1-2-14(12-15)13-20-8-10-21(11-9-20)17-6-4-16(19)5-7-17/h1-7,12H,8-11,13,19H2. The number of nitrogen functional groups attached to an aromatic ring is 1. The van der Waals surface area contributed by atoms with E-state index in [2.05, 4.69) is 28.0 Å². The molecule has 0 spiro atoms. The summed E-state index contributed by atoms with van der Waals surface area (Å²) in [4.78, 5) is 4.88. The van der Waals surface area contributed by atoms with Gasteiger partial charge in [0.1, 0.15) is 0 Å². The molecular weight excluding hydrogens is 282 g/mol. The van der Waals surface area contributed by atoms with E-state index < -0.39 is 0 Å². The first-order valence-electron chi connectivity index (χ1n) is 7.28. The predicted octanol–water partition coefficient (Wildman–Crippen LogP) is 3.24. The topological polar surface area (TPSA) is 32.5 Å². The SMILES string of the molecule is Nc1ccc(N2CCN(Cc3cccc(Cl)c3)CC2)cc1. The molecule has 21 heavy (non-hydrogen) atoms. The first-order chi connectivity index (χ1) is 10.2. The van der Waals surface area contributed by atoms with Crippen LogP contribution in [0.1, 0.15) is 5.56 Å². The molecule has 0 radical (unpaired) electrons. The van der Waals surface area contributed by atoms with Crippen molar-refractivity contribution in [3.8, 4) is 0 Å². The summed E-state index contributed by atoms with van der Waals surface area (Å²) in [5.41, 5.74) is 9.09. The molecule has 0 aliphatic carbocycles. The van der Waals surface area contributed by atoms with E-state index in [9.17, 15) is 0 Å². The fourth-order valence-electron chi connectivity index (χ4n) is 2.74. The Morgan fingerprint density at radius 3 is 2.33 bits per heavy atom. The molecule has 1 aliphatic rings. The van der Waals surface area contributed by atoms with Gasteiger partial charge in [0, 0.05) is 49.1 Å². The van der Waals surface area contributed by atoms with Gasteiger partial charge in [-0.2, -0.15) is 0 Å². The number of halogens is 1. The number of nitrogens with two attached hydrogens (primary N) is 1. The lowest BCUT2D eigenvalue weighted by molar-refractivity contribution is 0.250. The van der Waals surface area contributed by atoms with Gasteiger partial charge < -0.3 is 10.6 Å². The molecule has 0 amide bonds. The number of rotatable bonds is 3. The molecule has 1 fully saturated rings. The average molecular weight is 302 g/mol. The van der Waals surface area contributed by atoms with Gasteiger partial charge in [-0.3, -0.25) is 4.90 Å². The molecule has 0 atom stereocenters. The minimum absolute atomic E-state index is 0.813. The highest BCUT2D eigenvalue weighted by atomic mass is 35.5. The minimum atomic E-state index is 0.813. The Bertz CT molecular complexity index is 589. The van der Waals surface area contributed by atoms with Crippen LogP contribution in [0, 0.1) is 0 Å². The smallest absolute Gasteiger partial charge is 0.0409 e. The van der Waals surface area contributed by atoms with Crippen molar-refractivity contribution in [2.24, 2.45) is 0 Å². The molecule has 0 saturated carbocycles. The molecule has 2 aromatic carbocycles. The van der Waals surface area contributed by atoms with E-state index in [1.807, 2.05) is 30.3 Å². The Hall–Kier alpha value is -1.71. The van der Waals surface area contributed by atoms with E-state index in [1.54, 1.807) is 0 Å². The molecular formula is C17H20ClN3. The highest BCUT2D eigenvalue weighted by Gasteiger charge is 2.17. The van der Waals surface area contributed by atoms with Crippen molar-refractivity contribution >= 4 is 23.0 Å². The zero-order valence-electron chi connectivity index (χ0n) is 12.0. The highest BCUT2D eigenvalue weighted by molar-refractivity contribution is 6.30. The second-order valence-corrected chi connectivity index (χ2v) is 5.92. The van der Waals surface area contributed by atoms with Crippen molar-refractivity contribution < 1.29 is 0 Å². The number of nitrogens with zero attached hydrogens (tertiary/aromatic N) is 2. The summed E-state index contributed by atoms with van der Waals surface area (Å²) in [6.07, 6.45) is 0. The molecule has 3 rings (SSSR count). The zero-order chi connectivity index (χ0) is 14.7. The maximum Gasteiger partial charge on any atom is 0.0409 e. The molecule has 1 aliphatic heterocycles. The Morgan fingerprint density at radius 1 is 0.952 bits per heavy atom. The van der Waals surface area contributed by atoms with Crippen LogP contribution in [0.25, 0.3) is 0 Å². The van der Waals surface area contributed by atoms with Crippen molar-refractivity contribution in [1.82, 2.24) is 4.90 Å². The third kappa shape index (κ3) is 3.69. The lowest BCUT2D eigenvalue weighted by atomic mass is 10.2. The maximum absolute atomic E-state index is 6.04. The number of hydrogen-bond acceptors (Lipinski definition) is 3. The summed E-state index contributed by atoms with van der Waals surface area (Å²) in [5.74, 6) is 0. The van der Waals surface area contributed by atoms with Crippen LogP contribution in [0.3, 0.4) is 0 Å². The lowest BCUT2D eigenvalue weighted by Crippen LogP contribution is -2.45. The van der Waals surface area contributed by atoms with Gasteiger partial charge in [-0.15, -0.1) is 0 Å². The number of piperazine rings is 1. The molecule has 2 N–H and O–H groups in total. The van der Waals surface area contributed by atoms with Crippen LogP contribution in [-0.4, -0.2) is 31.1 Å². The van der Waals surface area contributed by atoms with Crippen molar-refractivity contribution in [3.05, 3.63) is 59.1 Å². The quantitative estimate of drug-likeness (QED) is 0.883. The Morgan fingerprint density at radius 2 is 1.67 bits per heavy atom. The van der Waals surface area contributed by atoms with E-state index >= 15 is 0 Å². The zero-order valence-corrected chi connectivity index (χ0v) is 12.8. The molecule has 1 saturated heterocycles. The highest BCUT2D eigenvalue weighted by Crippen LogP contribution is 2.19. The largest absolute Gasteiger partial charge is 0.399 e. The number of anilines is 2. The molecule has 110 valence electrons. The van der Waals surface area contributed by atoms with Gasteiger partial charge in [0.05, 0.1) is 0 Å². The minimum Gasteiger partial charge on any atom is -0.399 e. The summed E-state index contributed by atoms with van der Waals surface area (Å²) >= 11 is 6.04. The molecule has 3 nitrogen and oxygen atoms in total. The van der Waals surface area contributed by atoms with E-state index in [1.165, 1.54) is 11.3 Å². The molecule has 1 heterocycles. The fourth-order valence-corrected chi connectivity index (χ4v) is 2.96. The molecule has 0 unspecified atom stereocenters. The van der Waals surface area contributed by atoms with Crippen LogP contribution in [0.2, 0.25) is 5.02 Å². The van der Waals surface area contributed by atoms with Crippen LogP contribution in [-0.2, 0) is 6.54 Å². The van der Waals surface area contributed by atoms with Crippen molar-refractivity contribution in [2.45, 2.75) is 6.54 Å². The molecule has 4 heteroatoms. The van der Waals surface area contributed by atoms with E-state index in [4.69, 9.17) is 17.3 Å². The first-order valence-corrected chi connectivity index (χ1v) is 7.66. The van der Waals surface area contributed by atoms with Gasteiger partial charge in [-0.1, -0.05) is 23.7 Å². The Labute approximate surface area is 130 Å². The van der Waals surface area contributed by atoms with Gasteiger partial charge in [0.2, 0.25) is 0 Å². The molecule has 0 bridgehead atoms. The normalized spacial score (nSPS) is 16.1. The number of hydrogen-bond donors (Lipinski definition) is 1. The van der Waals surface area contributed by atoms with Crippen LogP contribution in [0.4, 0.5) is 11.4 Å². The Balaban J connectivity index is 1.56. The molecule has 0 aromatic heterocycles. The van der Waals surface area contributed by atoms with Crippen molar-refractivity contribution in [3.63, 3.8) is 0 Å². The van der Waals surface area contributed by atoms with Gasteiger partial charge in [0.25, 0.3) is 0 Å². The van der Waals surface area contributed by atoms with Gasteiger partial charge >= 0.3 is 0 Å². The summed E-state index contributed by atoms with van der Waals surface area (Å²) in [6.45, 7) is 5.19. The Kier molecular flexibility index (Phi) is 4.32. The summed E-state index contributed by atoms with van der Waals surface area (Å²) in [7, 11) is 0. The van der Waals surface area contributed by atoms with E-state index in [-0.39, 0.29) is 0 Å². The third-order valence-corrected chi connectivity index (χ3v) is 4.16. The monoisotopic (exact) mass is 301 g/mol. The molecule has 2 aromatic rings. The maximum atomic E-state index is 6.04. The lowest BCUT2D eigenvalue weighted by Gasteiger charge is -2.36. The van der Waals surface area contributed by atoms with Crippen LogP contribution >= 0.6 is 11.6 Å². The third-order valence-electron chi connectivity index (χ3n) is 3.93. The average Bonchev–Trinajstić information content (AvgIpc) is 2.49. The van der Waals surface area contributed by atoms with Crippen molar-refractivity contribution in [2.75, 3.05) is 36.8 Å². The summed E-state index contributed by atoms with van der Waals surface area (Å²) in [5, 5.41) is 0.813. The van der Waals surface area contributed by atoms with Crippen molar-refractivity contribution in [1.29, 1.82) is 0 Å². The fraction of sp³-hybridized carbons (Fsp3) is 0.294. The van der Waals surface area contributed by atoms with Crippen LogP contribution in [0.5, 0.6) is 0 Å². The van der Waals surface area contributed by atoms with Crippen LogP contribution < -0.4 is 10.6 Å². The first kappa shape index (κ1) is 14.2. The van der Waals surface area contributed by atoms with Gasteiger partial charge in [-0.25, -0.2) is 0 Å². The van der Waals surface area contributed by atoms with Crippen LogP contribution in [0.15, 0.2) is 48.5 Å². The summed E-state index contributed by atoms with van der Waals surface area (Å²) < 4.78 is 0. The number of benzene rings is 2. The van der Waals surface area contributed by atoms with Gasteiger partial charge in [-0.05, 0) is 42.0 Å². The van der Waals surface area contributed by atoms with E-state index in [0.29, 0.717) is 0 Å².